The fraction of sp³-hybridized carbons (Fsp3) is 0.455. The molecule has 1 saturated heterocycles. The Morgan fingerprint density at radius 1 is 1.04 bits per heavy atom. The van der Waals surface area contributed by atoms with Crippen LogP contribution >= 0.6 is 0 Å². The second-order valence-electron chi connectivity index (χ2n) is 7.14. The van der Waals surface area contributed by atoms with Crippen molar-refractivity contribution in [2.45, 2.75) is 25.7 Å². The van der Waals surface area contributed by atoms with Crippen molar-refractivity contribution < 1.29 is 14.6 Å². The van der Waals surface area contributed by atoms with Crippen molar-refractivity contribution in [1.82, 2.24) is 9.88 Å². The average Bonchev–Trinajstić information content (AvgIpc) is 2.75. The van der Waals surface area contributed by atoms with Gasteiger partial charge in [0, 0.05) is 37.6 Å². The molecule has 0 bridgehead atoms. The van der Waals surface area contributed by atoms with Crippen LogP contribution in [0, 0.1) is 0 Å². The Morgan fingerprint density at radius 2 is 1.79 bits per heavy atom. The summed E-state index contributed by atoms with van der Waals surface area (Å²) in [5.74, 6) is -0.737. The minimum Gasteiger partial charge on any atom is -0.505 e. The predicted molar refractivity (Wildman–Crippen MR) is 110 cm³/mol. The van der Waals surface area contributed by atoms with Gasteiger partial charge in [0.15, 0.2) is 5.69 Å². The predicted octanol–water partition coefficient (Wildman–Crippen LogP) is 3.11. The van der Waals surface area contributed by atoms with Crippen LogP contribution in [0.2, 0.25) is 0 Å². The summed E-state index contributed by atoms with van der Waals surface area (Å²) >= 11 is 0. The van der Waals surface area contributed by atoms with Gasteiger partial charge in [0.2, 0.25) is 0 Å². The first-order valence-corrected chi connectivity index (χ1v) is 9.97. The number of unbranched alkanes of at least 4 members (excludes halogenated alkanes) is 2. The van der Waals surface area contributed by atoms with E-state index in [1.165, 1.54) is 18.9 Å². The number of para-hydroxylation sites is 1. The molecule has 0 radical (unpaired) electrons. The Morgan fingerprint density at radius 3 is 2.50 bits per heavy atom. The maximum absolute atomic E-state index is 11.6. The van der Waals surface area contributed by atoms with Gasteiger partial charge in [-0.1, -0.05) is 24.6 Å². The second-order valence-corrected chi connectivity index (χ2v) is 7.14. The van der Waals surface area contributed by atoms with E-state index in [1.54, 1.807) is 6.07 Å². The van der Waals surface area contributed by atoms with Crippen molar-refractivity contribution in [3.63, 3.8) is 0 Å². The first-order valence-electron chi connectivity index (χ1n) is 9.97. The van der Waals surface area contributed by atoms with E-state index in [4.69, 9.17) is 0 Å². The molecule has 1 N–H and O–H groups in total. The van der Waals surface area contributed by atoms with E-state index in [1.807, 2.05) is 0 Å². The Bertz CT molecular complexity index is 759. The number of carbonyl (C=O) groups is 1. The van der Waals surface area contributed by atoms with Gasteiger partial charge < -0.3 is 14.7 Å². The highest BCUT2D eigenvalue weighted by Crippen LogP contribution is 2.18. The molecule has 6 nitrogen and oxygen atoms in total. The first kappa shape index (κ1) is 20.1. The van der Waals surface area contributed by atoms with Crippen LogP contribution in [0.4, 0.5) is 5.69 Å². The molecule has 0 amide bonds. The topological polar surface area (TPSA) is 65.9 Å². The van der Waals surface area contributed by atoms with Gasteiger partial charge in [-0.05, 0) is 50.1 Å². The summed E-state index contributed by atoms with van der Waals surface area (Å²) in [7, 11) is 1.29. The zero-order chi connectivity index (χ0) is 19.8. The fourth-order valence-electron chi connectivity index (χ4n) is 3.57. The molecular formula is C22H29N3O3. The third-order valence-corrected chi connectivity index (χ3v) is 5.21. The van der Waals surface area contributed by atoms with E-state index < -0.39 is 5.97 Å². The number of aromatic nitrogens is 1. The maximum Gasteiger partial charge on any atom is 0.360 e. The van der Waals surface area contributed by atoms with E-state index >= 15 is 0 Å². The van der Waals surface area contributed by atoms with E-state index in [0.717, 1.165) is 64.1 Å². The summed E-state index contributed by atoms with van der Waals surface area (Å²) in [4.78, 5) is 20.8. The van der Waals surface area contributed by atoms with E-state index in [9.17, 15) is 9.90 Å². The number of ether oxygens (including phenoxy) is 1. The Kier molecular flexibility index (Phi) is 7.25. The molecule has 0 spiro atoms. The third-order valence-electron chi connectivity index (χ3n) is 5.21. The van der Waals surface area contributed by atoms with Gasteiger partial charge in [0.05, 0.1) is 7.11 Å². The summed E-state index contributed by atoms with van der Waals surface area (Å²) in [6.45, 7) is 5.50. The van der Waals surface area contributed by atoms with Crippen LogP contribution in [0.25, 0.3) is 0 Å². The largest absolute Gasteiger partial charge is 0.505 e. The first-order chi connectivity index (χ1) is 13.7. The van der Waals surface area contributed by atoms with Crippen molar-refractivity contribution in [2.24, 2.45) is 0 Å². The number of nitrogens with zero attached hydrogens (tertiary/aromatic N) is 3. The SMILES string of the molecule is COC(=O)c1nc(CCCCCN2CCN(c3ccccc3)CC2)ccc1O. The lowest BCUT2D eigenvalue weighted by molar-refractivity contribution is 0.0590. The van der Waals surface area contributed by atoms with Gasteiger partial charge in [-0.15, -0.1) is 0 Å². The second kappa shape index (κ2) is 10.1. The number of carbonyl (C=O) groups excluding carboxylic acids is 1. The lowest BCUT2D eigenvalue weighted by Crippen LogP contribution is -2.46. The molecule has 0 unspecified atom stereocenters. The molecule has 1 aliphatic heterocycles. The standard InChI is InChI=1S/C22H29N3O3/c1-28-22(27)21-20(26)12-11-18(23-21)8-4-3-7-13-24-14-16-25(17-15-24)19-9-5-2-6-10-19/h2,5-6,9-12,26H,3-4,7-8,13-17H2,1H3. The minimum absolute atomic E-state index is 0.00344. The summed E-state index contributed by atoms with van der Waals surface area (Å²) in [6.07, 6.45) is 4.09. The molecule has 1 fully saturated rings. The normalized spacial score (nSPS) is 14.8. The number of rotatable bonds is 8. The van der Waals surface area contributed by atoms with Gasteiger partial charge in [0.25, 0.3) is 0 Å². The highest BCUT2D eigenvalue weighted by atomic mass is 16.5. The molecule has 1 aliphatic rings. The van der Waals surface area contributed by atoms with E-state index in [-0.39, 0.29) is 11.4 Å². The summed E-state index contributed by atoms with van der Waals surface area (Å²) in [5.41, 5.74) is 2.13. The summed E-state index contributed by atoms with van der Waals surface area (Å²) < 4.78 is 4.65. The average molecular weight is 383 g/mol. The molecule has 2 aromatic rings. The zero-order valence-electron chi connectivity index (χ0n) is 16.5. The number of anilines is 1. The monoisotopic (exact) mass is 383 g/mol. The van der Waals surface area contributed by atoms with Crippen LogP contribution in [0.3, 0.4) is 0 Å². The van der Waals surface area contributed by atoms with Crippen LogP contribution in [-0.4, -0.2) is 60.8 Å². The number of esters is 1. The molecule has 0 saturated carbocycles. The van der Waals surface area contributed by atoms with Crippen molar-refractivity contribution in [1.29, 1.82) is 0 Å². The van der Waals surface area contributed by atoms with Crippen molar-refractivity contribution in [3.8, 4) is 5.75 Å². The number of piperazine rings is 1. The molecule has 28 heavy (non-hydrogen) atoms. The molecule has 2 heterocycles. The van der Waals surface area contributed by atoms with Crippen LogP contribution in [0.1, 0.15) is 35.4 Å². The molecular weight excluding hydrogens is 354 g/mol. The number of aryl methyl sites for hydroxylation is 1. The minimum atomic E-state index is -0.603. The number of hydrogen-bond acceptors (Lipinski definition) is 6. The molecule has 150 valence electrons. The lowest BCUT2D eigenvalue weighted by Gasteiger charge is -2.36. The van der Waals surface area contributed by atoms with Gasteiger partial charge in [0.1, 0.15) is 5.75 Å². The van der Waals surface area contributed by atoms with Crippen LogP contribution < -0.4 is 4.90 Å². The van der Waals surface area contributed by atoms with E-state index in [2.05, 4.69) is 49.9 Å². The summed E-state index contributed by atoms with van der Waals surface area (Å²) in [6, 6.07) is 13.9. The number of benzene rings is 1. The van der Waals surface area contributed by atoms with Crippen molar-refractivity contribution in [3.05, 3.63) is 53.9 Å². The van der Waals surface area contributed by atoms with Crippen molar-refractivity contribution in [2.75, 3.05) is 44.7 Å². The highest BCUT2D eigenvalue weighted by molar-refractivity contribution is 5.90. The maximum atomic E-state index is 11.6. The molecule has 6 heteroatoms. The van der Waals surface area contributed by atoms with Gasteiger partial charge in [-0.3, -0.25) is 4.90 Å². The van der Waals surface area contributed by atoms with Gasteiger partial charge >= 0.3 is 5.97 Å². The smallest absolute Gasteiger partial charge is 0.360 e. The Hall–Kier alpha value is -2.60. The quantitative estimate of drug-likeness (QED) is 0.558. The van der Waals surface area contributed by atoms with Crippen molar-refractivity contribution >= 4 is 11.7 Å². The molecule has 1 aromatic carbocycles. The van der Waals surface area contributed by atoms with E-state index in [0.29, 0.717) is 0 Å². The lowest BCUT2D eigenvalue weighted by atomic mass is 10.1. The van der Waals surface area contributed by atoms with Crippen LogP contribution in [0.5, 0.6) is 5.75 Å². The highest BCUT2D eigenvalue weighted by Gasteiger charge is 2.17. The fourth-order valence-corrected chi connectivity index (χ4v) is 3.57. The number of aromatic hydroxyl groups is 1. The van der Waals surface area contributed by atoms with Gasteiger partial charge in [-0.25, -0.2) is 9.78 Å². The number of hydrogen-bond donors (Lipinski definition) is 1. The molecule has 1 aromatic heterocycles. The summed E-state index contributed by atoms with van der Waals surface area (Å²) in [5, 5.41) is 9.71. The van der Waals surface area contributed by atoms with Crippen LogP contribution in [-0.2, 0) is 11.2 Å². The van der Waals surface area contributed by atoms with Crippen LogP contribution in [0.15, 0.2) is 42.5 Å². The Balaban J connectivity index is 1.34. The molecule has 3 rings (SSSR count). The van der Waals surface area contributed by atoms with Gasteiger partial charge in [-0.2, -0.15) is 0 Å². The Labute approximate surface area is 166 Å². The number of pyridine rings is 1. The zero-order valence-corrected chi connectivity index (χ0v) is 16.5. The third kappa shape index (κ3) is 5.45. The molecule has 0 aliphatic carbocycles. The number of methoxy groups -OCH3 is 1. The molecule has 0 atom stereocenters.